The Bertz CT molecular complexity index is 733. The van der Waals surface area contributed by atoms with Crippen molar-refractivity contribution in [1.29, 1.82) is 0 Å². The second-order valence-electron chi connectivity index (χ2n) is 5.67. The molecule has 3 rings (SSSR count). The number of hydrogen-bond donors (Lipinski definition) is 1. The highest BCUT2D eigenvalue weighted by Gasteiger charge is 2.29. The number of fused-ring (bicyclic) bond motifs is 1. The quantitative estimate of drug-likeness (QED) is 0.854. The molecule has 1 aliphatic rings. The molecular weight excluding hydrogens is 312 g/mol. The summed E-state index contributed by atoms with van der Waals surface area (Å²) in [5.74, 6) is 0.745. The monoisotopic (exact) mass is 330 g/mol. The number of anilines is 2. The summed E-state index contributed by atoms with van der Waals surface area (Å²) in [5.41, 5.74) is 2.56. The van der Waals surface area contributed by atoms with Crippen LogP contribution in [0, 0.1) is 6.92 Å². The van der Waals surface area contributed by atoms with Crippen LogP contribution < -0.4 is 15.0 Å². The van der Waals surface area contributed by atoms with E-state index in [0.717, 1.165) is 23.4 Å². The molecule has 0 aliphatic carbocycles. The molecule has 1 aliphatic heterocycles. The maximum Gasteiger partial charge on any atom is 0.326 e. The maximum absolute atomic E-state index is 12.7. The van der Waals surface area contributed by atoms with Crippen LogP contribution in [0.5, 0.6) is 5.75 Å². The van der Waals surface area contributed by atoms with E-state index in [1.807, 2.05) is 37.3 Å². The molecule has 1 N–H and O–H groups in total. The van der Waals surface area contributed by atoms with Gasteiger partial charge in [0.25, 0.3) is 0 Å². The van der Waals surface area contributed by atoms with Crippen LogP contribution >= 0.6 is 11.6 Å². The first-order valence-electron chi connectivity index (χ1n) is 7.68. The first kappa shape index (κ1) is 15.7. The lowest BCUT2D eigenvalue weighted by molar-refractivity contribution is 0.188. The Morgan fingerprint density at radius 2 is 2.17 bits per heavy atom. The number of carbonyl (C=O) groups excluding carboxylic acids is 1. The average molecular weight is 331 g/mol. The Morgan fingerprint density at radius 1 is 1.35 bits per heavy atom. The number of nitrogens with one attached hydrogen (secondary N) is 1. The van der Waals surface area contributed by atoms with E-state index in [1.165, 1.54) is 0 Å². The summed E-state index contributed by atoms with van der Waals surface area (Å²) in [5, 5.41) is 3.49. The average Bonchev–Trinajstić information content (AvgIpc) is 2.53. The third-order valence-electron chi connectivity index (χ3n) is 3.86. The van der Waals surface area contributed by atoms with Gasteiger partial charge in [0.15, 0.2) is 0 Å². The first-order valence-corrected chi connectivity index (χ1v) is 8.06. The van der Waals surface area contributed by atoms with E-state index < -0.39 is 0 Å². The minimum atomic E-state index is -0.180. The van der Waals surface area contributed by atoms with E-state index in [1.54, 1.807) is 17.0 Å². The highest BCUT2D eigenvalue weighted by atomic mass is 35.5. The third kappa shape index (κ3) is 3.42. The number of aryl methyl sites for hydroxylation is 1. The molecule has 1 heterocycles. The third-order valence-corrected chi connectivity index (χ3v) is 4.10. The van der Waals surface area contributed by atoms with Crippen molar-refractivity contribution in [1.82, 2.24) is 0 Å². The predicted octanol–water partition coefficient (Wildman–Crippen LogP) is 4.86. The Balaban J connectivity index is 1.88. The van der Waals surface area contributed by atoms with Gasteiger partial charge in [0.1, 0.15) is 11.9 Å². The molecule has 0 bridgehead atoms. The second-order valence-corrected chi connectivity index (χ2v) is 6.11. The Labute approximate surface area is 141 Å². The van der Waals surface area contributed by atoms with Gasteiger partial charge in [-0.3, -0.25) is 4.90 Å². The largest absolute Gasteiger partial charge is 0.486 e. The SMILES string of the molecule is CC[C@H]1CN(C(=O)Nc2cccc(Cl)c2)c2cc(C)ccc2O1. The Morgan fingerprint density at radius 3 is 2.91 bits per heavy atom. The topological polar surface area (TPSA) is 41.6 Å². The number of halogens is 1. The molecule has 1 atom stereocenters. The number of benzene rings is 2. The van der Waals surface area contributed by atoms with E-state index in [0.29, 0.717) is 17.3 Å². The van der Waals surface area contributed by atoms with E-state index in [2.05, 4.69) is 12.2 Å². The smallest absolute Gasteiger partial charge is 0.326 e. The molecule has 2 amide bonds. The lowest BCUT2D eigenvalue weighted by Crippen LogP contribution is -2.45. The van der Waals surface area contributed by atoms with Crippen molar-refractivity contribution in [2.75, 3.05) is 16.8 Å². The van der Waals surface area contributed by atoms with Crippen LogP contribution in [-0.2, 0) is 0 Å². The lowest BCUT2D eigenvalue weighted by atomic mass is 10.1. The van der Waals surface area contributed by atoms with Crippen LogP contribution in [0.2, 0.25) is 5.02 Å². The molecular formula is C18H19ClN2O2. The number of nitrogens with zero attached hydrogens (tertiary/aromatic N) is 1. The van der Waals surface area contributed by atoms with E-state index in [-0.39, 0.29) is 12.1 Å². The molecule has 0 saturated carbocycles. The molecule has 23 heavy (non-hydrogen) atoms. The zero-order valence-corrected chi connectivity index (χ0v) is 13.9. The van der Waals surface area contributed by atoms with Gasteiger partial charge in [-0.25, -0.2) is 4.79 Å². The van der Waals surface area contributed by atoms with Crippen molar-refractivity contribution in [2.45, 2.75) is 26.4 Å². The van der Waals surface area contributed by atoms with Gasteiger partial charge in [-0.1, -0.05) is 30.7 Å². The molecule has 4 nitrogen and oxygen atoms in total. The minimum absolute atomic E-state index is 0.00434. The summed E-state index contributed by atoms with van der Waals surface area (Å²) in [6.07, 6.45) is 0.837. The normalized spacial score (nSPS) is 16.5. The van der Waals surface area contributed by atoms with Crippen LogP contribution in [0.15, 0.2) is 42.5 Å². The molecule has 0 unspecified atom stereocenters. The molecule has 120 valence electrons. The van der Waals surface area contributed by atoms with Crippen LogP contribution in [-0.4, -0.2) is 18.7 Å². The van der Waals surface area contributed by atoms with Gasteiger partial charge in [-0.15, -0.1) is 0 Å². The fourth-order valence-electron chi connectivity index (χ4n) is 2.62. The predicted molar refractivity (Wildman–Crippen MR) is 93.7 cm³/mol. The number of rotatable bonds is 2. The Kier molecular flexibility index (Phi) is 4.44. The zero-order valence-electron chi connectivity index (χ0n) is 13.2. The summed E-state index contributed by atoms with van der Waals surface area (Å²) in [4.78, 5) is 14.5. The molecule has 2 aromatic rings. The van der Waals surface area contributed by atoms with Crippen molar-refractivity contribution in [2.24, 2.45) is 0 Å². The number of ether oxygens (including phenoxy) is 1. The van der Waals surface area contributed by atoms with Crippen molar-refractivity contribution < 1.29 is 9.53 Å². The standard InChI is InChI=1S/C18H19ClN2O2/c1-3-15-11-21(16-9-12(2)7-8-17(16)23-15)18(22)20-14-6-4-5-13(19)10-14/h4-10,15H,3,11H2,1-2H3,(H,20,22)/t15-/m0/s1. The van der Waals surface area contributed by atoms with Gasteiger partial charge in [0.05, 0.1) is 12.2 Å². The number of carbonyl (C=O) groups is 1. The molecule has 0 saturated heterocycles. The van der Waals surface area contributed by atoms with Gasteiger partial charge < -0.3 is 10.1 Å². The summed E-state index contributed by atoms with van der Waals surface area (Å²) < 4.78 is 5.94. The molecule has 0 radical (unpaired) electrons. The summed E-state index contributed by atoms with van der Waals surface area (Å²) >= 11 is 5.98. The number of hydrogen-bond acceptors (Lipinski definition) is 2. The van der Waals surface area contributed by atoms with Gasteiger partial charge in [-0.05, 0) is 49.2 Å². The second kappa shape index (κ2) is 6.50. The van der Waals surface area contributed by atoms with E-state index >= 15 is 0 Å². The zero-order chi connectivity index (χ0) is 16.4. The summed E-state index contributed by atoms with van der Waals surface area (Å²) in [6, 6.07) is 12.8. The fourth-order valence-corrected chi connectivity index (χ4v) is 2.81. The van der Waals surface area contributed by atoms with Crippen LogP contribution in [0.4, 0.5) is 16.2 Å². The van der Waals surface area contributed by atoms with E-state index in [9.17, 15) is 4.79 Å². The maximum atomic E-state index is 12.7. The number of amides is 2. The fraction of sp³-hybridized carbons (Fsp3) is 0.278. The number of urea groups is 1. The Hall–Kier alpha value is -2.20. The summed E-state index contributed by atoms with van der Waals surface area (Å²) in [6.45, 7) is 4.58. The van der Waals surface area contributed by atoms with Crippen LogP contribution in [0.3, 0.4) is 0 Å². The first-order chi connectivity index (χ1) is 11.1. The molecule has 0 fully saturated rings. The van der Waals surface area contributed by atoms with E-state index in [4.69, 9.17) is 16.3 Å². The van der Waals surface area contributed by atoms with Crippen molar-refractivity contribution in [3.05, 3.63) is 53.1 Å². The summed E-state index contributed by atoms with van der Waals surface area (Å²) in [7, 11) is 0. The van der Waals surface area contributed by atoms with Crippen molar-refractivity contribution in [3.8, 4) is 5.75 Å². The highest BCUT2D eigenvalue weighted by Crippen LogP contribution is 2.35. The minimum Gasteiger partial charge on any atom is -0.486 e. The van der Waals surface area contributed by atoms with Gasteiger partial charge in [0, 0.05) is 10.7 Å². The molecule has 0 spiro atoms. The molecule has 0 aromatic heterocycles. The van der Waals surface area contributed by atoms with Crippen molar-refractivity contribution in [3.63, 3.8) is 0 Å². The van der Waals surface area contributed by atoms with Crippen LogP contribution in [0.1, 0.15) is 18.9 Å². The molecule has 5 heteroatoms. The lowest BCUT2D eigenvalue weighted by Gasteiger charge is -2.34. The van der Waals surface area contributed by atoms with Crippen LogP contribution in [0.25, 0.3) is 0 Å². The van der Waals surface area contributed by atoms with Gasteiger partial charge >= 0.3 is 6.03 Å². The van der Waals surface area contributed by atoms with Gasteiger partial charge in [-0.2, -0.15) is 0 Å². The highest BCUT2D eigenvalue weighted by molar-refractivity contribution is 6.30. The van der Waals surface area contributed by atoms with Crippen molar-refractivity contribution >= 4 is 29.0 Å². The molecule has 2 aromatic carbocycles. The van der Waals surface area contributed by atoms with Gasteiger partial charge in [0.2, 0.25) is 0 Å².